The fourth-order valence-corrected chi connectivity index (χ4v) is 1.81. The highest BCUT2D eigenvalue weighted by atomic mass is 16.5. The Morgan fingerprint density at radius 3 is 3.00 bits per heavy atom. The molecule has 1 aliphatic heterocycles. The Bertz CT molecular complexity index is 441. The van der Waals surface area contributed by atoms with Gasteiger partial charge in [0, 0.05) is 13.2 Å². The monoisotopic (exact) mass is 224 g/mol. The maximum absolute atomic E-state index is 11.7. The van der Waals surface area contributed by atoms with Crippen molar-refractivity contribution in [1.29, 1.82) is 0 Å². The summed E-state index contributed by atoms with van der Waals surface area (Å²) in [5, 5.41) is 2.81. The zero-order valence-corrected chi connectivity index (χ0v) is 9.43. The number of nitrogens with zero attached hydrogens (tertiary/aromatic N) is 2. The zero-order chi connectivity index (χ0) is 11.8. The van der Waals surface area contributed by atoms with E-state index in [4.69, 9.17) is 10.5 Å². The van der Waals surface area contributed by atoms with E-state index in [9.17, 15) is 4.79 Å². The summed E-state index contributed by atoms with van der Waals surface area (Å²) in [6.45, 7) is 1.81. The highest BCUT2D eigenvalue weighted by Crippen LogP contribution is 2.31. The summed E-state index contributed by atoms with van der Waals surface area (Å²) >= 11 is 0. The molecule has 1 saturated heterocycles. The number of nitrogens with two attached hydrogens (primary N) is 1. The first-order valence-corrected chi connectivity index (χ1v) is 5.25. The van der Waals surface area contributed by atoms with Crippen molar-refractivity contribution in [2.75, 3.05) is 12.4 Å². The van der Waals surface area contributed by atoms with Crippen LogP contribution in [0.3, 0.4) is 0 Å². The molecule has 2 atom stereocenters. The summed E-state index contributed by atoms with van der Waals surface area (Å²) in [5.41, 5.74) is 4.87. The summed E-state index contributed by atoms with van der Waals surface area (Å²) in [6, 6.07) is 1.73. The van der Waals surface area contributed by atoms with Gasteiger partial charge in [0.1, 0.15) is 17.8 Å². The first kappa shape index (κ1) is 11.1. The molecule has 2 heterocycles. The van der Waals surface area contributed by atoms with Crippen LogP contribution in [0.1, 0.15) is 26.0 Å². The van der Waals surface area contributed by atoms with E-state index in [0.29, 0.717) is 5.82 Å². The van der Waals surface area contributed by atoms with Gasteiger partial charge in [-0.3, -0.25) is 4.57 Å². The Labute approximate surface area is 93.4 Å². The number of hydrogen-bond acceptors (Lipinski definition) is 5. The molecule has 0 saturated carbocycles. The highest BCUT2D eigenvalue weighted by molar-refractivity contribution is 5.30. The topological polar surface area (TPSA) is 82.2 Å². The fourth-order valence-electron chi connectivity index (χ4n) is 1.81. The largest absolute Gasteiger partial charge is 0.373 e. The smallest absolute Gasteiger partial charge is 0.351 e. The highest BCUT2D eigenvalue weighted by Gasteiger charge is 2.33. The standard InChI is InChI=1S/C10H16N4O2/c1-10(11)5-3-8(16-10)14-6-4-7(12-2)13-9(14)15/h4,6,8H,3,5,11H2,1-2H3,(H,12,13,15). The molecular formula is C10H16N4O2. The number of aromatic nitrogens is 2. The molecule has 1 fully saturated rings. The van der Waals surface area contributed by atoms with Crippen LogP contribution < -0.4 is 16.7 Å². The van der Waals surface area contributed by atoms with Crippen molar-refractivity contribution in [2.45, 2.75) is 31.7 Å². The third kappa shape index (κ3) is 2.07. The van der Waals surface area contributed by atoms with Gasteiger partial charge in [-0.15, -0.1) is 0 Å². The quantitative estimate of drug-likeness (QED) is 0.753. The third-order valence-corrected chi connectivity index (χ3v) is 2.69. The van der Waals surface area contributed by atoms with E-state index in [0.717, 1.165) is 12.8 Å². The van der Waals surface area contributed by atoms with Gasteiger partial charge in [0.05, 0.1) is 0 Å². The van der Waals surface area contributed by atoms with Crippen LogP contribution in [0.5, 0.6) is 0 Å². The summed E-state index contributed by atoms with van der Waals surface area (Å²) in [5.74, 6) is 0.551. The molecular weight excluding hydrogens is 208 g/mol. The van der Waals surface area contributed by atoms with Crippen molar-refractivity contribution in [3.8, 4) is 0 Å². The van der Waals surface area contributed by atoms with Crippen LogP contribution in [0.25, 0.3) is 0 Å². The van der Waals surface area contributed by atoms with E-state index in [1.807, 2.05) is 6.92 Å². The van der Waals surface area contributed by atoms with E-state index >= 15 is 0 Å². The van der Waals surface area contributed by atoms with Gasteiger partial charge in [-0.2, -0.15) is 4.98 Å². The zero-order valence-electron chi connectivity index (χ0n) is 9.43. The number of rotatable bonds is 2. The lowest BCUT2D eigenvalue weighted by Crippen LogP contribution is -2.36. The van der Waals surface area contributed by atoms with Crippen LogP contribution in [0.15, 0.2) is 17.1 Å². The van der Waals surface area contributed by atoms with E-state index in [1.54, 1.807) is 19.3 Å². The number of nitrogens with one attached hydrogen (secondary N) is 1. The molecule has 16 heavy (non-hydrogen) atoms. The lowest BCUT2D eigenvalue weighted by molar-refractivity contribution is -0.0590. The Morgan fingerprint density at radius 2 is 2.50 bits per heavy atom. The van der Waals surface area contributed by atoms with Gasteiger partial charge in [0.15, 0.2) is 0 Å². The molecule has 6 nitrogen and oxygen atoms in total. The van der Waals surface area contributed by atoms with Crippen LogP contribution in [-0.4, -0.2) is 22.3 Å². The summed E-state index contributed by atoms with van der Waals surface area (Å²) in [7, 11) is 1.72. The maximum Gasteiger partial charge on any atom is 0.351 e. The third-order valence-electron chi connectivity index (χ3n) is 2.69. The first-order valence-electron chi connectivity index (χ1n) is 5.25. The van der Waals surface area contributed by atoms with Crippen molar-refractivity contribution in [2.24, 2.45) is 5.73 Å². The minimum absolute atomic E-state index is 0.305. The molecule has 0 bridgehead atoms. The Kier molecular flexibility index (Phi) is 2.69. The number of ether oxygens (including phenoxy) is 1. The minimum Gasteiger partial charge on any atom is -0.373 e. The molecule has 0 amide bonds. The molecule has 2 rings (SSSR count). The normalized spacial score (nSPS) is 29.3. The van der Waals surface area contributed by atoms with Gasteiger partial charge in [0.2, 0.25) is 0 Å². The summed E-state index contributed by atoms with van der Waals surface area (Å²) in [4.78, 5) is 15.5. The molecule has 1 aromatic heterocycles. The van der Waals surface area contributed by atoms with Crippen LogP contribution in [-0.2, 0) is 4.74 Å². The second-order valence-electron chi connectivity index (χ2n) is 4.18. The molecule has 1 aliphatic rings. The van der Waals surface area contributed by atoms with Crippen LogP contribution in [0.4, 0.5) is 5.82 Å². The predicted octanol–water partition coefficient (Wildman–Crippen LogP) is 0.269. The molecule has 0 radical (unpaired) electrons. The Balaban J connectivity index is 2.26. The van der Waals surface area contributed by atoms with E-state index < -0.39 is 5.72 Å². The van der Waals surface area contributed by atoms with Crippen molar-refractivity contribution in [1.82, 2.24) is 9.55 Å². The lowest BCUT2D eigenvalue weighted by Gasteiger charge is -2.20. The van der Waals surface area contributed by atoms with E-state index in [2.05, 4.69) is 10.3 Å². The maximum atomic E-state index is 11.7. The minimum atomic E-state index is -0.647. The summed E-state index contributed by atoms with van der Waals surface area (Å²) < 4.78 is 7.04. The average Bonchev–Trinajstić information content (AvgIpc) is 2.58. The van der Waals surface area contributed by atoms with Crippen molar-refractivity contribution in [3.05, 3.63) is 22.7 Å². The molecule has 2 unspecified atom stereocenters. The van der Waals surface area contributed by atoms with Gasteiger partial charge < -0.3 is 15.8 Å². The first-order chi connectivity index (χ1) is 7.52. The molecule has 6 heteroatoms. The molecule has 88 valence electrons. The summed E-state index contributed by atoms with van der Waals surface area (Å²) in [6.07, 6.45) is 2.83. The van der Waals surface area contributed by atoms with Crippen LogP contribution >= 0.6 is 0 Å². The predicted molar refractivity (Wildman–Crippen MR) is 60.0 cm³/mol. The van der Waals surface area contributed by atoms with Gasteiger partial charge in [-0.1, -0.05) is 0 Å². The number of hydrogen-bond donors (Lipinski definition) is 2. The van der Waals surface area contributed by atoms with Crippen molar-refractivity contribution >= 4 is 5.82 Å². The SMILES string of the molecule is CNc1ccn(C2CCC(C)(N)O2)c(=O)n1. The van der Waals surface area contributed by atoms with Gasteiger partial charge in [-0.25, -0.2) is 4.79 Å². The average molecular weight is 224 g/mol. The van der Waals surface area contributed by atoms with Gasteiger partial charge in [-0.05, 0) is 25.8 Å². The van der Waals surface area contributed by atoms with Gasteiger partial charge >= 0.3 is 5.69 Å². The van der Waals surface area contributed by atoms with Gasteiger partial charge in [0.25, 0.3) is 0 Å². The molecule has 3 N–H and O–H groups in total. The second-order valence-corrected chi connectivity index (χ2v) is 4.18. The molecule has 1 aromatic rings. The van der Waals surface area contributed by atoms with Crippen LogP contribution in [0, 0.1) is 0 Å². The Hall–Kier alpha value is -1.40. The Morgan fingerprint density at radius 1 is 1.75 bits per heavy atom. The van der Waals surface area contributed by atoms with E-state index in [1.165, 1.54) is 4.57 Å². The van der Waals surface area contributed by atoms with Crippen LogP contribution in [0.2, 0.25) is 0 Å². The molecule has 0 aromatic carbocycles. The lowest BCUT2D eigenvalue weighted by atomic mass is 10.2. The van der Waals surface area contributed by atoms with Crippen molar-refractivity contribution < 1.29 is 4.74 Å². The second kappa shape index (κ2) is 3.88. The van der Waals surface area contributed by atoms with Crippen molar-refractivity contribution in [3.63, 3.8) is 0 Å². The van der Waals surface area contributed by atoms with E-state index in [-0.39, 0.29) is 11.9 Å². The molecule has 0 aliphatic carbocycles. The fraction of sp³-hybridized carbons (Fsp3) is 0.600. The number of anilines is 1. The molecule has 0 spiro atoms.